The van der Waals surface area contributed by atoms with Crippen molar-refractivity contribution in [1.82, 2.24) is 15.1 Å². The first-order valence-electron chi connectivity index (χ1n) is 8.63. The largest absolute Gasteiger partial charge is 0.340 e. The average Bonchev–Trinajstić information content (AvgIpc) is 2.53. The Kier molecular flexibility index (Phi) is 8.20. The van der Waals surface area contributed by atoms with Crippen LogP contribution in [0.25, 0.3) is 0 Å². The van der Waals surface area contributed by atoms with Crippen molar-refractivity contribution in [2.75, 3.05) is 46.3 Å². The average molecular weight is 354 g/mol. The van der Waals surface area contributed by atoms with E-state index in [0.717, 1.165) is 39.3 Å². The molecule has 1 aliphatic rings. The fourth-order valence-corrected chi connectivity index (χ4v) is 3.21. The maximum Gasteiger partial charge on any atom is 0.223 e. The molecule has 0 unspecified atom stereocenters. The Balaban J connectivity index is 0.00000288. The Morgan fingerprint density at radius 3 is 2.38 bits per heavy atom. The molecule has 1 fully saturated rings. The van der Waals surface area contributed by atoms with Gasteiger partial charge in [0.15, 0.2) is 0 Å². The Morgan fingerprint density at radius 1 is 1.21 bits per heavy atom. The molecule has 5 heteroatoms. The van der Waals surface area contributed by atoms with E-state index < -0.39 is 0 Å². The number of halogens is 1. The fourth-order valence-electron chi connectivity index (χ4n) is 3.21. The van der Waals surface area contributed by atoms with Gasteiger partial charge in [0, 0.05) is 51.1 Å². The predicted molar refractivity (Wildman–Crippen MR) is 103 cm³/mol. The molecular formula is C19H32ClN3O. The van der Waals surface area contributed by atoms with Crippen LogP contribution in [0, 0.1) is 6.92 Å². The number of amides is 1. The molecular weight excluding hydrogens is 322 g/mol. The molecule has 1 saturated heterocycles. The lowest BCUT2D eigenvalue weighted by Gasteiger charge is -2.32. The summed E-state index contributed by atoms with van der Waals surface area (Å²) in [5.41, 5.74) is 2.73. The summed E-state index contributed by atoms with van der Waals surface area (Å²) >= 11 is 0. The number of nitrogens with one attached hydrogen (secondary N) is 1. The molecule has 0 aromatic heterocycles. The van der Waals surface area contributed by atoms with Crippen molar-refractivity contribution < 1.29 is 4.79 Å². The first-order chi connectivity index (χ1) is 10.9. The number of carbonyl (C=O) groups excluding carboxylic acids is 1. The molecule has 0 saturated carbocycles. The molecule has 1 aliphatic heterocycles. The van der Waals surface area contributed by atoms with Crippen molar-refractivity contribution in [2.45, 2.75) is 32.6 Å². The highest BCUT2D eigenvalue weighted by molar-refractivity contribution is 5.85. The van der Waals surface area contributed by atoms with Crippen LogP contribution in [0.5, 0.6) is 0 Å². The van der Waals surface area contributed by atoms with E-state index in [1.54, 1.807) is 0 Å². The van der Waals surface area contributed by atoms with Crippen LogP contribution < -0.4 is 5.32 Å². The molecule has 0 radical (unpaired) electrons. The summed E-state index contributed by atoms with van der Waals surface area (Å²) in [5.74, 6) is 0.284. The smallest absolute Gasteiger partial charge is 0.223 e. The van der Waals surface area contributed by atoms with Crippen LogP contribution >= 0.6 is 12.4 Å². The van der Waals surface area contributed by atoms with Gasteiger partial charge in [-0.1, -0.05) is 43.7 Å². The first kappa shape index (κ1) is 20.9. The normalized spacial score (nSPS) is 15.3. The molecule has 0 aliphatic carbocycles. The van der Waals surface area contributed by atoms with Crippen molar-refractivity contribution in [3.05, 3.63) is 35.4 Å². The molecule has 1 aromatic carbocycles. The fraction of sp³-hybridized carbons (Fsp3) is 0.632. The number of hydrogen-bond donors (Lipinski definition) is 1. The lowest BCUT2D eigenvalue weighted by molar-refractivity contribution is -0.132. The maximum absolute atomic E-state index is 12.2. The Bertz CT molecular complexity index is 510. The molecule has 1 aromatic rings. The van der Waals surface area contributed by atoms with Crippen LogP contribution in [0.3, 0.4) is 0 Å². The van der Waals surface area contributed by atoms with Crippen molar-refractivity contribution in [3.8, 4) is 0 Å². The summed E-state index contributed by atoms with van der Waals surface area (Å²) in [4.78, 5) is 16.5. The van der Waals surface area contributed by atoms with E-state index in [1.807, 2.05) is 4.90 Å². The Labute approximate surface area is 153 Å². The van der Waals surface area contributed by atoms with E-state index in [1.165, 1.54) is 11.1 Å². The number of carbonyl (C=O) groups is 1. The Hall–Kier alpha value is -1.10. The number of piperazine rings is 1. The molecule has 1 amide bonds. The number of likely N-dealkylation sites (N-methyl/N-ethyl adjacent to an activating group) is 1. The number of rotatable bonds is 6. The maximum atomic E-state index is 12.2. The highest BCUT2D eigenvalue weighted by Crippen LogP contribution is 2.24. The first-order valence-corrected chi connectivity index (χ1v) is 8.63. The zero-order valence-electron chi connectivity index (χ0n) is 15.5. The third kappa shape index (κ3) is 6.08. The van der Waals surface area contributed by atoms with E-state index >= 15 is 0 Å². The van der Waals surface area contributed by atoms with Gasteiger partial charge in [-0.05, 0) is 19.5 Å². The highest BCUT2D eigenvalue weighted by Gasteiger charge is 2.23. The minimum atomic E-state index is 0. The van der Waals surface area contributed by atoms with Crippen LogP contribution in [0.15, 0.2) is 24.3 Å². The van der Waals surface area contributed by atoms with E-state index in [0.29, 0.717) is 6.42 Å². The van der Waals surface area contributed by atoms with Gasteiger partial charge >= 0.3 is 0 Å². The number of nitrogens with zero attached hydrogens (tertiary/aromatic N) is 2. The van der Waals surface area contributed by atoms with E-state index in [4.69, 9.17) is 0 Å². The lowest BCUT2D eigenvalue weighted by Crippen LogP contribution is -2.47. The SMILES string of the molecule is Cc1ccc(C(C)(C)CN(C)CCC(=O)N2CCNCC2)cc1.Cl. The van der Waals surface area contributed by atoms with Gasteiger partial charge in [-0.2, -0.15) is 0 Å². The van der Waals surface area contributed by atoms with Gasteiger partial charge in [0.25, 0.3) is 0 Å². The topological polar surface area (TPSA) is 35.6 Å². The molecule has 1 N–H and O–H groups in total. The summed E-state index contributed by atoms with van der Waals surface area (Å²) in [6.07, 6.45) is 0.612. The second-order valence-electron chi connectivity index (χ2n) is 7.37. The quantitative estimate of drug-likeness (QED) is 0.853. The summed E-state index contributed by atoms with van der Waals surface area (Å²) in [5, 5.41) is 3.28. The van der Waals surface area contributed by atoms with Crippen molar-refractivity contribution in [2.24, 2.45) is 0 Å². The minimum absolute atomic E-state index is 0. The second-order valence-corrected chi connectivity index (χ2v) is 7.37. The van der Waals surface area contributed by atoms with Gasteiger partial charge in [0.1, 0.15) is 0 Å². The van der Waals surface area contributed by atoms with Crippen LogP contribution in [0.4, 0.5) is 0 Å². The van der Waals surface area contributed by atoms with Crippen molar-refractivity contribution >= 4 is 18.3 Å². The highest BCUT2D eigenvalue weighted by atomic mass is 35.5. The molecule has 0 bridgehead atoms. The van der Waals surface area contributed by atoms with E-state index in [9.17, 15) is 4.79 Å². The Morgan fingerprint density at radius 2 is 1.79 bits per heavy atom. The van der Waals surface area contributed by atoms with Gasteiger partial charge in [0.2, 0.25) is 5.91 Å². The molecule has 0 spiro atoms. The number of hydrogen-bond acceptors (Lipinski definition) is 3. The standard InChI is InChI=1S/C19H31N3O.ClH/c1-16-5-7-17(8-6-16)19(2,3)15-21(4)12-9-18(23)22-13-10-20-11-14-22;/h5-8,20H,9-15H2,1-4H3;1H. The molecule has 136 valence electrons. The summed E-state index contributed by atoms with van der Waals surface area (Å²) in [6, 6.07) is 8.78. The minimum Gasteiger partial charge on any atom is -0.340 e. The van der Waals surface area contributed by atoms with Gasteiger partial charge < -0.3 is 15.1 Å². The van der Waals surface area contributed by atoms with Gasteiger partial charge in [-0.25, -0.2) is 0 Å². The van der Waals surface area contributed by atoms with E-state index in [2.05, 4.69) is 62.3 Å². The third-order valence-corrected chi connectivity index (χ3v) is 4.68. The number of benzene rings is 1. The second kappa shape index (κ2) is 9.40. The summed E-state index contributed by atoms with van der Waals surface area (Å²) in [7, 11) is 2.11. The van der Waals surface area contributed by atoms with Gasteiger partial charge in [-0.3, -0.25) is 4.79 Å². The van der Waals surface area contributed by atoms with E-state index in [-0.39, 0.29) is 23.7 Å². The molecule has 1 heterocycles. The molecule has 4 nitrogen and oxygen atoms in total. The predicted octanol–water partition coefficient (Wildman–Crippen LogP) is 2.45. The number of aryl methyl sites for hydroxylation is 1. The van der Waals surface area contributed by atoms with Gasteiger partial charge in [0.05, 0.1) is 0 Å². The van der Waals surface area contributed by atoms with Crippen LogP contribution in [-0.2, 0) is 10.2 Å². The van der Waals surface area contributed by atoms with Crippen molar-refractivity contribution in [1.29, 1.82) is 0 Å². The molecule has 24 heavy (non-hydrogen) atoms. The summed E-state index contributed by atoms with van der Waals surface area (Å²) in [6.45, 7) is 11.9. The summed E-state index contributed by atoms with van der Waals surface area (Å²) < 4.78 is 0. The van der Waals surface area contributed by atoms with Crippen LogP contribution in [-0.4, -0.2) is 62.0 Å². The zero-order valence-corrected chi connectivity index (χ0v) is 16.3. The third-order valence-electron chi connectivity index (χ3n) is 4.68. The van der Waals surface area contributed by atoms with Crippen molar-refractivity contribution in [3.63, 3.8) is 0 Å². The lowest BCUT2D eigenvalue weighted by atomic mass is 9.84. The molecule has 2 rings (SSSR count). The zero-order chi connectivity index (χ0) is 16.9. The van der Waals surface area contributed by atoms with Crippen LogP contribution in [0.2, 0.25) is 0 Å². The van der Waals surface area contributed by atoms with Crippen LogP contribution in [0.1, 0.15) is 31.4 Å². The van der Waals surface area contributed by atoms with Gasteiger partial charge in [-0.15, -0.1) is 12.4 Å². The monoisotopic (exact) mass is 353 g/mol. The molecule has 0 atom stereocenters.